The minimum Gasteiger partial charge on any atom is -0.497 e. The molecule has 2 aromatic carbocycles. The van der Waals surface area contributed by atoms with Crippen molar-refractivity contribution in [2.45, 2.75) is 51.0 Å². The number of aliphatic hydroxyl groups is 1. The highest BCUT2D eigenvalue weighted by Crippen LogP contribution is 2.35. The number of nitrogens with two attached hydrogens (primary N) is 1. The highest BCUT2D eigenvalue weighted by molar-refractivity contribution is 5.82. The second kappa shape index (κ2) is 10.6. The normalized spacial score (nSPS) is 20.5. The van der Waals surface area contributed by atoms with E-state index >= 15 is 0 Å². The molecule has 0 spiro atoms. The van der Waals surface area contributed by atoms with Crippen molar-refractivity contribution in [1.82, 2.24) is 10.2 Å². The Balaban J connectivity index is 1.30. The number of benzene rings is 2. The first-order valence-corrected chi connectivity index (χ1v) is 11.9. The molecule has 34 heavy (non-hydrogen) atoms. The highest BCUT2D eigenvalue weighted by Gasteiger charge is 2.33. The van der Waals surface area contributed by atoms with Crippen molar-refractivity contribution in [3.8, 4) is 17.2 Å². The average Bonchev–Trinajstić information content (AvgIpc) is 2.84. The lowest BCUT2D eigenvalue weighted by atomic mass is 9.92. The van der Waals surface area contributed by atoms with Crippen LogP contribution in [0, 0.1) is 13.8 Å². The number of primary amides is 1. The Hall–Kier alpha value is -2.81. The van der Waals surface area contributed by atoms with Crippen LogP contribution in [0.1, 0.15) is 35.6 Å². The standard InChI is InChI=1S/C26H35N3O5/c1-16-5-4-6-17(2)24(16)25(26(27)31)29-11-9-18(10-12-29)28-14-20(30)23-15-33-21-8-7-19(32-3)13-22(21)34-23/h4-8,13,18,20,23,25,28,30H,9-12,14-15H2,1-3H3,(H2,27,31). The molecule has 2 aliphatic heterocycles. The molecule has 4 N–H and O–H groups in total. The fraction of sp³-hybridized carbons (Fsp3) is 0.500. The van der Waals surface area contributed by atoms with Gasteiger partial charge in [0, 0.05) is 31.7 Å². The molecule has 8 heteroatoms. The van der Waals surface area contributed by atoms with Crippen LogP contribution in [0.25, 0.3) is 0 Å². The first-order valence-electron chi connectivity index (χ1n) is 11.9. The zero-order valence-electron chi connectivity index (χ0n) is 20.1. The predicted octanol–water partition coefficient (Wildman–Crippen LogP) is 2.09. The molecule has 0 saturated carbocycles. The third kappa shape index (κ3) is 5.29. The SMILES string of the molecule is COc1ccc2c(c1)OC(C(O)CNC1CCN(C(C(N)=O)c3c(C)cccc3C)CC1)CO2. The molecule has 2 aliphatic rings. The first kappa shape index (κ1) is 24.3. The summed E-state index contributed by atoms with van der Waals surface area (Å²) in [6.45, 7) is 6.25. The average molecular weight is 470 g/mol. The van der Waals surface area contributed by atoms with Crippen molar-refractivity contribution >= 4 is 5.91 Å². The fourth-order valence-electron chi connectivity index (χ4n) is 4.93. The molecule has 3 unspecified atom stereocenters. The van der Waals surface area contributed by atoms with Crippen LogP contribution in [0.5, 0.6) is 17.2 Å². The zero-order chi connectivity index (χ0) is 24.2. The maximum atomic E-state index is 12.4. The number of likely N-dealkylation sites (tertiary alicyclic amines) is 1. The van der Waals surface area contributed by atoms with Crippen molar-refractivity contribution in [1.29, 1.82) is 0 Å². The number of hydrogen-bond donors (Lipinski definition) is 3. The number of methoxy groups -OCH3 is 1. The van der Waals surface area contributed by atoms with E-state index in [-0.39, 0.29) is 18.6 Å². The molecule has 2 heterocycles. The number of rotatable bonds is 8. The number of carbonyl (C=O) groups excluding carboxylic acids is 1. The molecular formula is C26H35N3O5. The van der Waals surface area contributed by atoms with Gasteiger partial charge in [-0.25, -0.2) is 0 Å². The Labute approximate surface area is 201 Å². The topological polar surface area (TPSA) is 106 Å². The molecule has 0 radical (unpaired) electrons. The van der Waals surface area contributed by atoms with E-state index < -0.39 is 18.2 Å². The van der Waals surface area contributed by atoms with Gasteiger partial charge in [-0.3, -0.25) is 9.69 Å². The van der Waals surface area contributed by atoms with Crippen LogP contribution in [0.15, 0.2) is 36.4 Å². The Morgan fingerprint density at radius 1 is 1.21 bits per heavy atom. The van der Waals surface area contributed by atoms with Gasteiger partial charge in [0.15, 0.2) is 17.6 Å². The van der Waals surface area contributed by atoms with E-state index in [1.54, 1.807) is 19.2 Å². The third-order valence-electron chi connectivity index (χ3n) is 6.86. The predicted molar refractivity (Wildman–Crippen MR) is 129 cm³/mol. The Kier molecular flexibility index (Phi) is 7.60. The van der Waals surface area contributed by atoms with Crippen molar-refractivity contribution in [2.75, 3.05) is 33.4 Å². The summed E-state index contributed by atoms with van der Waals surface area (Å²) in [6, 6.07) is 11.3. The number of hydrogen-bond acceptors (Lipinski definition) is 7. The van der Waals surface area contributed by atoms with Crippen LogP contribution in [-0.2, 0) is 4.79 Å². The molecule has 8 nitrogen and oxygen atoms in total. The minimum atomic E-state index is -0.717. The fourth-order valence-corrected chi connectivity index (χ4v) is 4.93. The molecule has 3 atom stereocenters. The summed E-state index contributed by atoms with van der Waals surface area (Å²) >= 11 is 0. The highest BCUT2D eigenvalue weighted by atomic mass is 16.6. The molecule has 0 bridgehead atoms. The lowest BCUT2D eigenvalue weighted by Gasteiger charge is -2.38. The largest absolute Gasteiger partial charge is 0.497 e. The first-order chi connectivity index (χ1) is 16.4. The van der Waals surface area contributed by atoms with Crippen LogP contribution < -0.4 is 25.3 Å². The number of ether oxygens (including phenoxy) is 3. The van der Waals surface area contributed by atoms with Gasteiger partial charge in [0.2, 0.25) is 5.91 Å². The number of nitrogens with one attached hydrogen (secondary N) is 1. The van der Waals surface area contributed by atoms with Gasteiger partial charge in [-0.15, -0.1) is 0 Å². The number of aliphatic hydroxyl groups excluding tert-OH is 1. The van der Waals surface area contributed by atoms with Crippen LogP contribution in [0.4, 0.5) is 0 Å². The van der Waals surface area contributed by atoms with Gasteiger partial charge in [-0.1, -0.05) is 18.2 Å². The Bertz CT molecular complexity index is 986. The summed E-state index contributed by atoms with van der Waals surface area (Å²) in [5, 5.41) is 14.2. The van der Waals surface area contributed by atoms with E-state index in [0.29, 0.717) is 23.8 Å². The molecule has 1 fully saturated rings. The van der Waals surface area contributed by atoms with Crippen molar-refractivity contribution in [3.05, 3.63) is 53.1 Å². The second-order valence-electron chi connectivity index (χ2n) is 9.18. The van der Waals surface area contributed by atoms with Crippen LogP contribution >= 0.6 is 0 Å². The molecule has 2 aromatic rings. The summed E-state index contributed by atoms with van der Waals surface area (Å²) in [5.41, 5.74) is 9.03. The molecular weight excluding hydrogens is 434 g/mol. The van der Waals surface area contributed by atoms with Gasteiger partial charge in [-0.2, -0.15) is 0 Å². The van der Waals surface area contributed by atoms with E-state index in [4.69, 9.17) is 19.9 Å². The Morgan fingerprint density at radius 2 is 1.91 bits per heavy atom. The number of amides is 1. The van der Waals surface area contributed by atoms with Crippen molar-refractivity contribution in [2.24, 2.45) is 5.73 Å². The van der Waals surface area contributed by atoms with E-state index in [0.717, 1.165) is 42.6 Å². The van der Waals surface area contributed by atoms with Gasteiger partial charge < -0.3 is 30.4 Å². The minimum absolute atomic E-state index is 0.245. The quantitative estimate of drug-likeness (QED) is 0.544. The number of nitrogens with zero attached hydrogens (tertiary/aromatic N) is 1. The molecule has 1 amide bonds. The summed E-state index contributed by atoms with van der Waals surface area (Å²) in [7, 11) is 1.60. The smallest absolute Gasteiger partial charge is 0.239 e. The zero-order valence-corrected chi connectivity index (χ0v) is 20.1. The van der Waals surface area contributed by atoms with Gasteiger partial charge in [-0.05, 0) is 55.5 Å². The summed E-state index contributed by atoms with van der Waals surface area (Å²) in [4.78, 5) is 14.6. The van der Waals surface area contributed by atoms with Crippen LogP contribution in [-0.4, -0.2) is 67.5 Å². The van der Waals surface area contributed by atoms with E-state index in [9.17, 15) is 9.90 Å². The number of piperidine rings is 1. The van der Waals surface area contributed by atoms with Crippen molar-refractivity contribution < 1.29 is 24.1 Å². The molecule has 4 rings (SSSR count). The molecule has 1 saturated heterocycles. The second-order valence-corrected chi connectivity index (χ2v) is 9.18. The third-order valence-corrected chi connectivity index (χ3v) is 6.86. The van der Waals surface area contributed by atoms with E-state index in [1.807, 2.05) is 38.1 Å². The Morgan fingerprint density at radius 3 is 2.56 bits per heavy atom. The summed E-state index contributed by atoms with van der Waals surface area (Å²) in [6.07, 6.45) is 0.549. The van der Waals surface area contributed by atoms with E-state index in [2.05, 4.69) is 10.2 Å². The van der Waals surface area contributed by atoms with Crippen LogP contribution in [0.2, 0.25) is 0 Å². The number of aryl methyl sites for hydroxylation is 2. The van der Waals surface area contributed by atoms with Crippen molar-refractivity contribution in [3.63, 3.8) is 0 Å². The summed E-state index contributed by atoms with van der Waals surface area (Å²) < 4.78 is 17.0. The number of carbonyl (C=O) groups is 1. The maximum absolute atomic E-state index is 12.4. The summed E-state index contributed by atoms with van der Waals surface area (Å²) in [5.74, 6) is 1.59. The monoisotopic (exact) mass is 469 g/mol. The molecule has 0 aromatic heterocycles. The van der Waals surface area contributed by atoms with Crippen LogP contribution in [0.3, 0.4) is 0 Å². The van der Waals surface area contributed by atoms with Gasteiger partial charge in [0.05, 0.1) is 7.11 Å². The number of fused-ring (bicyclic) bond motifs is 1. The van der Waals surface area contributed by atoms with E-state index in [1.165, 1.54) is 0 Å². The van der Waals surface area contributed by atoms with Gasteiger partial charge in [0.1, 0.15) is 24.5 Å². The lowest BCUT2D eigenvalue weighted by molar-refractivity contribution is -0.124. The van der Waals surface area contributed by atoms with Gasteiger partial charge >= 0.3 is 0 Å². The molecule has 0 aliphatic carbocycles. The molecule has 184 valence electrons. The van der Waals surface area contributed by atoms with Gasteiger partial charge in [0.25, 0.3) is 0 Å². The maximum Gasteiger partial charge on any atom is 0.239 e. The lowest BCUT2D eigenvalue weighted by Crippen LogP contribution is -2.50.